The van der Waals surface area contributed by atoms with E-state index >= 15 is 0 Å². The van der Waals surface area contributed by atoms with Crippen LogP contribution in [0.5, 0.6) is 0 Å². The maximum atomic E-state index is 13.0. The molecule has 0 aromatic heterocycles. The first-order valence-electron chi connectivity index (χ1n) is 9.97. The van der Waals surface area contributed by atoms with Gasteiger partial charge in [0, 0.05) is 5.39 Å². The van der Waals surface area contributed by atoms with Crippen LogP contribution in [0.2, 0.25) is 0 Å². The van der Waals surface area contributed by atoms with Crippen LogP contribution in [0.15, 0.2) is 65.6 Å². The molecular formula is C23H23NO4S. The average Bonchev–Trinajstić information content (AvgIpc) is 2.95. The molecule has 2 aliphatic rings. The summed E-state index contributed by atoms with van der Waals surface area (Å²) in [6, 6.07) is 19.1. The van der Waals surface area contributed by atoms with Crippen LogP contribution in [-0.2, 0) is 21.2 Å². The summed E-state index contributed by atoms with van der Waals surface area (Å²) in [5.41, 5.74) is 3.10. The molecule has 0 bridgehead atoms. The minimum atomic E-state index is -3.67. The predicted molar refractivity (Wildman–Crippen MR) is 113 cm³/mol. The van der Waals surface area contributed by atoms with E-state index < -0.39 is 16.1 Å². The summed E-state index contributed by atoms with van der Waals surface area (Å²) in [7, 11) is -3.67. The monoisotopic (exact) mass is 409 g/mol. The van der Waals surface area contributed by atoms with E-state index in [-0.39, 0.29) is 19.3 Å². The normalized spacial score (nSPS) is 20.6. The van der Waals surface area contributed by atoms with Crippen LogP contribution < -0.4 is 4.31 Å². The molecule has 6 heteroatoms. The molecule has 0 saturated heterocycles. The van der Waals surface area contributed by atoms with Gasteiger partial charge in [0.05, 0.1) is 35.9 Å². The molecule has 1 N–H and O–H groups in total. The fraction of sp³-hybridized carbons (Fsp3) is 0.304. The first-order valence-corrected chi connectivity index (χ1v) is 11.4. The van der Waals surface area contributed by atoms with Crippen LogP contribution in [0.25, 0.3) is 10.8 Å². The first-order chi connectivity index (χ1) is 14.1. The van der Waals surface area contributed by atoms with E-state index in [4.69, 9.17) is 4.74 Å². The number of rotatable bonds is 5. The third kappa shape index (κ3) is 3.12. The van der Waals surface area contributed by atoms with Crippen LogP contribution in [-0.4, -0.2) is 32.8 Å². The number of aliphatic hydroxyl groups is 1. The maximum absolute atomic E-state index is 13.0. The number of sulfonamides is 1. The number of aryl methyl sites for hydroxylation is 1. The Bertz CT molecular complexity index is 1170. The Balaban J connectivity index is 1.33. The van der Waals surface area contributed by atoms with Crippen molar-refractivity contribution in [3.05, 3.63) is 71.8 Å². The molecule has 3 aromatic carbocycles. The van der Waals surface area contributed by atoms with Gasteiger partial charge in [-0.3, -0.25) is 4.31 Å². The zero-order valence-electron chi connectivity index (χ0n) is 16.0. The largest absolute Gasteiger partial charge is 0.389 e. The number of hydrogen-bond donors (Lipinski definition) is 1. The standard InChI is InChI=1S/C23H23NO4S/c25-18(15-28-21-12-4-7-16-6-1-2-10-19(16)21)14-24-20-11-3-8-17-9-5-13-22(23(17)20)29(24,26)27/h1-3,5-6,8-11,13,18,21,25H,4,7,12,14-15H2/t18-,21-/m1/s1. The number of β-amino-alcohol motifs (C(OH)–C–C–N with tert-alkyl or cyclic N) is 1. The molecule has 150 valence electrons. The zero-order chi connectivity index (χ0) is 20.0. The molecule has 1 aliphatic heterocycles. The first kappa shape index (κ1) is 18.6. The molecule has 0 saturated carbocycles. The molecule has 29 heavy (non-hydrogen) atoms. The van der Waals surface area contributed by atoms with Gasteiger partial charge in [-0.1, -0.05) is 48.5 Å². The third-order valence-corrected chi connectivity index (χ3v) is 7.68. The van der Waals surface area contributed by atoms with Crippen molar-refractivity contribution in [2.24, 2.45) is 0 Å². The fourth-order valence-electron chi connectivity index (χ4n) is 4.51. The Morgan fingerprint density at radius 3 is 2.72 bits per heavy atom. The molecule has 3 aromatic rings. The molecule has 0 spiro atoms. The van der Waals surface area contributed by atoms with Crippen LogP contribution in [0.1, 0.15) is 30.1 Å². The summed E-state index contributed by atoms with van der Waals surface area (Å²) < 4.78 is 33.4. The highest BCUT2D eigenvalue weighted by Gasteiger charge is 2.36. The Morgan fingerprint density at radius 2 is 1.86 bits per heavy atom. The van der Waals surface area contributed by atoms with Crippen molar-refractivity contribution >= 4 is 26.5 Å². The highest BCUT2D eigenvalue weighted by molar-refractivity contribution is 7.93. The van der Waals surface area contributed by atoms with Crippen molar-refractivity contribution < 1.29 is 18.3 Å². The predicted octanol–water partition coefficient (Wildman–Crippen LogP) is 3.80. The van der Waals surface area contributed by atoms with Crippen LogP contribution in [0, 0.1) is 0 Å². The second-order valence-electron chi connectivity index (χ2n) is 7.73. The molecule has 0 radical (unpaired) electrons. The van der Waals surface area contributed by atoms with E-state index in [9.17, 15) is 13.5 Å². The molecule has 2 atom stereocenters. The summed E-state index contributed by atoms with van der Waals surface area (Å²) in [6.45, 7) is 0.0713. The third-order valence-electron chi connectivity index (χ3n) is 5.86. The fourth-order valence-corrected chi connectivity index (χ4v) is 6.26. The lowest BCUT2D eigenvalue weighted by molar-refractivity contribution is -0.0137. The van der Waals surface area contributed by atoms with Gasteiger partial charge in [0.1, 0.15) is 0 Å². The lowest BCUT2D eigenvalue weighted by Crippen LogP contribution is -2.37. The number of nitrogens with zero attached hydrogens (tertiary/aromatic N) is 1. The molecule has 0 unspecified atom stereocenters. The van der Waals surface area contributed by atoms with Crippen molar-refractivity contribution in [2.45, 2.75) is 36.4 Å². The van der Waals surface area contributed by atoms with Crippen molar-refractivity contribution in [1.82, 2.24) is 0 Å². The van der Waals surface area contributed by atoms with Gasteiger partial charge in [0.2, 0.25) is 0 Å². The average molecular weight is 410 g/mol. The second-order valence-corrected chi connectivity index (χ2v) is 9.57. The summed E-state index contributed by atoms with van der Waals surface area (Å²) in [5.74, 6) is 0. The van der Waals surface area contributed by atoms with Gasteiger partial charge in [0.25, 0.3) is 10.0 Å². The summed E-state index contributed by atoms with van der Waals surface area (Å²) in [5, 5.41) is 12.2. The number of ether oxygens (including phenoxy) is 1. The highest BCUT2D eigenvalue weighted by atomic mass is 32.2. The molecule has 0 fully saturated rings. The highest BCUT2D eigenvalue weighted by Crippen LogP contribution is 2.42. The minimum absolute atomic E-state index is 0.0233. The lowest BCUT2D eigenvalue weighted by atomic mass is 9.89. The van der Waals surface area contributed by atoms with Crippen molar-refractivity contribution in [3.63, 3.8) is 0 Å². The van der Waals surface area contributed by atoms with E-state index in [0.717, 1.165) is 30.0 Å². The van der Waals surface area contributed by atoms with Gasteiger partial charge >= 0.3 is 0 Å². The van der Waals surface area contributed by atoms with E-state index in [1.54, 1.807) is 18.2 Å². The van der Waals surface area contributed by atoms with Gasteiger partial charge in [-0.15, -0.1) is 0 Å². The molecule has 0 amide bonds. The quantitative estimate of drug-likeness (QED) is 0.696. The minimum Gasteiger partial charge on any atom is -0.389 e. The van der Waals surface area contributed by atoms with Gasteiger partial charge in [-0.05, 0) is 47.9 Å². The smallest absolute Gasteiger partial charge is 0.265 e. The van der Waals surface area contributed by atoms with Gasteiger partial charge in [-0.2, -0.15) is 0 Å². The lowest BCUT2D eigenvalue weighted by Gasteiger charge is -2.28. The van der Waals surface area contributed by atoms with E-state index in [1.807, 2.05) is 30.3 Å². The van der Waals surface area contributed by atoms with E-state index in [1.165, 1.54) is 15.4 Å². The Labute approximate surface area is 170 Å². The van der Waals surface area contributed by atoms with Crippen LogP contribution >= 0.6 is 0 Å². The number of benzene rings is 3. The molecule has 5 nitrogen and oxygen atoms in total. The summed E-state index contributed by atoms with van der Waals surface area (Å²) in [6.07, 6.45) is 2.05. The van der Waals surface area contributed by atoms with Crippen LogP contribution in [0.4, 0.5) is 5.69 Å². The molecule has 1 heterocycles. The van der Waals surface area contributed by atoms with Gasteiger partial charge in [-0.25, -0.2) is 8.42 Å². The van der Waals surface area contributed by atoms with Crippen molar-refractivity contribution in [2.75, 3.05) is 17.5 Å². The summed E-state index contributed by atoms with van der Waals surface area (Å²) >= 11 is 0. The van der Waals surface area contributed by atoms with Crippen molar-refractivity contribution in [3.8, 4) is 0 Å². The zero-order valence-corrected chi connectivity index (χ0v) is 16.8. The number of anilines is 1. The number of fused-ring (bicyclic) bond motifs is 1. The maximum Gasteiger partial charge on any atom is 0.265 e. The van der Waals surface area contributed by atoms with Crippen LogP contribution in [0.3, 0.4) is 0 Å². The SMILES string of the molecule is O=S1(=O)c2cccc3cccc(c23)N1C[C@@H](O)CO[C@@H]1CCCc2ccccc21. The number of hydrogen-bond acceptors (Lipinski definition) is 4. The Morgan fingerprint density at radius 1 is 1.07 bits per heavy atom. The van der Waals surface area contributed by atoms with Gasteiger partial charge < -0.3 is 9.84 Å². The Hall–Kier alpha value is -2.41. The topological polar surface area (TPSA) is 66.8 Å². The van der Waals surface area contributed by atoms with E-state index in [2.05, 4.69) is 12.1 Å². The van der Waals surface area contributed by atoms with Crippen molar-refractivity contribution in [1.29, 1.82) is 0 Å². The second kappa shape index (κ2) is 7.13. The molecular weight excluding hydrogens is 386 g/mol. The number of aliphatic hydroxyl groups excluding tert-OH is 1. The van der Waals surface area contributed by atoms with E-state index in [0.29, 0.717) is 10.6 Å². The Kier molecular flexibility index (Phi) is 4.57. The van der Waals surface area contributed by atoms with Gasteiger partial charge in [0.15, 0.2) is 0 Å². The summed E-state index contributed by atoms with van der Waals surface area (Å²) in [4.78, 5) is 0.305. The molecule has 1 aliphatic carbocycles. The molecule has 5 rings (SSSR count).